The highest BCUT2D eigenvalue weighted by Gasteiger charge is 2.24. The monoisotopic (exact) mass is 379 g/mol. The van der Waals surface area contributed by atoms with E-state index in [1.165, 1.54) is 38.6 Å². The first-order valence-electron chi connectivity index (χ1n) is 7.17. The standard InChI is InChI=1S/C17H14ClNO5S/c1-23-16-8-7-11(9-14(16)18)25(21,22)19-10-13(17(20)24-2)12-5-3-4-6-15(12)19/h3-10H,1-2H3. The summed E-state index contributed by atoms with van der Waals surface area (Å²) in [5, 5.41) is 0.658. The van der Waals surface area contributed by atoms with Crippen LogP contribution in [0.2, 0.25) is 5.02 Å². The fourth-order valence-corrected chi connectivity index (χ4v) is 4.26. The van der Waals surface area contributed by atoms with Crippen molar-refractivity contribution in [1.29, 1.82) is 0 Å². The lowest BCUT2D eigenvalue weighted by molar-refractivity contribution is 0.0603. The molecule has 0 aliphatic heterocycles. The predicted octanol–water partition coefficient (Wildman–Crippen LogP) is 3.33. The van der Waals surface area contributed by atoms with Crippen molar-refractivity contribution < 1.29 is 22.7 Å². The van der Waals surface area contributed by atoms with Crippen LogP contribution in [-0.2, 0) is 14.8 Å². The van der Waals surface area contributed by atoms with Crippen molar-refractivity contribution in [3.8, 4) is 5.75 Å². The number of hydrogen-bond donors (Lipinski definition) is 0. The van der Waals surface area contributed by atoms with E-state index in [9.17, 15) is 13.2 Å². The zero-order valence-corrected chi connectivity index (χ0v) is 15.0. The molecule has 8 heteroatoms. The van der Waals surface area contributed by atoms with Gasteiger partial charge in [-0.3, -0.25) is 0 Å². The summed E-state index contributed by atoms with van der Waals surface area (Å²) < 4.78 is 36.9. The van der Waals surface area contributed by atoms with Gasteiger partial charge in [0.15, 0.2) is 0 Å². The third-order valence-electron chi connectivity index (χ3n) is 3.76. The minimum Gasteiger partial charge on any atom is -0.495 e. The second-order valence-corrected chi connectivity index (χ2v) is 7.37. The number of halogens is 1. The van der Waals surface area contributed by atoms with Crippen molar-refractivity contribution >= 4 is 38.5 Å². The zero-order chi connectivity index (χ0) is 18.2. The Kier molecular flexibility index (Phi) is 4.45. The van der Waals surface area contributed by atoms with Crippen molar-refractivity contribution in [3.63, 3.8) is 0 Å². The Hall–Kier alpha value is -2.51. The molecule has 0 saturated heterocycles. The fraction of sp³-hybridized carbons (Fsp3) is 0.118. The molecule has 25 heavy (non-hydrogen) atoms. The largest absolute Gasteiger partial charge is 0.495 e. The number of benzene rings is 2. The van der Waals surface area contributed by atoms with Gasteiger partial charge in [0.25, 0.3) is 10.0 Å². The zero-order valence-electron chi connectivity index (χ0n) is 13.4. The van der Waals surface area contributed by atoms with E-state index >= 15 is 0 Å². The van der Waals surface area contributed by atoms with Crippen molar-refractivity contribution in [1.82, 2.24) is 3.97 Å². The Morgan fingerprint density at radius 3 is 2.48 bits per heavy atom. The molecule has 0 spiro atoms. The second kappa shape index (κ2) is 6.42. The van der Waals surface area contributed by atoms with E-state index in [0.717, 1.165) is 3.97 Å². The number of fused-ring (bicyclic) bond motifs is 1. The Morgan fingerprint density at radius 1 is 1.12 bits per heavy atom. The summed E-state index contributed by atoms with van der Waals surface area (Å²) in [4.78, 5) is 12.0. The van der Waals surface area contributed by atoms with Gasteiger partial charge < -0.3 is 9.47 Å². The molecule has 1 aromatic heterocycles. The van der Waals surface area contributed by atoms with Gasteiger partial charge in [-0.15, -0.1) is 0 Å². The minimum absolute atomic E-state index is 0.0181. The highest BCUT2D eigenvalue weighted by molar-refractivity contribution is 7.90. The maximum absolute atomic E-state index is 13.0. The van der Waals surface area contributed by atoms with Crippen molar-refractivity contribution in [3.05, 3.63) is 59.2 Å². The summed E-state index contributed by atoms with van der Waals surface area (Å²) in [6.07, 6.45) is 1.25. The number of carbonyl (C=O) groups is 1. The van der Waals surface area contributed by atoms with Crippen molar-refractivity contribution in [2.75, 3.05) is 14.2 Å². The molecule has 1 heterocycles. The van der Waals surface area contributed by atoms with E-state index in [0.29, 0.717) is 16.7 Å². The number of nitrogens with zero attached hydrogens (tertiary/aromatic N) is 1. The van der Waals surface area contributed by atoms with Gasteiger partial charge in [-0.2, -0.15) is 0 Å². The van der Waals surface area contributed by atoms with Gasteiger partial charge in [0.2, 0.25) is 0 Å². The topological polar surface area (TPSA) is 74.6 Å². The molecule has 0 amide bonds. The first-order valence-corrected chi connectivity index (χ1v) is 8.99. The first-order chi connectivity index (χ1) is 11.9. The summed E-state index contributed by atoms with van der Waals surface area (Å²) >= 11 is 6.05. The number of carbonyl (C=O) groups excluding carboxylic acids is 1. The Bertz CT molecular complexity index is 1070. The van der Waals surface area contributed by atoms with Crippen LogP contribution in [0.1, 0.15) is 10.4 Å². The van der Waals surface area contributed by atoms with E-state index in [-0.39, 0.29) is 15.5 Å². The maximum atomic E-state index is 13.0. The van der Waals surface area contributed by atoms with Gasteiger partial charge in [-0.25, -0.2) is 17.2 Å². The van der Waals surface area contributed by atoms with Gasteiger partial charge in [-0.1, -0.05) is 29.8 Å². The molecular weight excluding hydrogens is 366 g/mol. The molecular formula is C17H14ClNO5S. The average molecular weight is 380 g/mol. The second-order valence-electron chi connectivity index (χ2n) is 5.15. The normalized spacial score (nSPS) is 11.5. The SMILES string of the molecule is COC(=O)c1cn(S(=O)(=O)c2ccc(OC)c(Cl)c2)c2ccccc12. The summed E-state index contributed by atoms with van der Waals surface area (Å²) in [6, 6.07) is 10.9. The third kappa shape index (κ3) is 2.85. The molecule has 6 nitrogen and oxygen atoms in total. The molecule has 0 radical (unpaired) electrons. The molecule has 130 valence electrons. The molecule has 2 aromatic carbocycles. The van der Waals surface area contributed by atoms with E-state index in [4.69, 9.17) is 21.1 Å². The molecule has 0 atom stereocenters. The van der Waals surface area contributed by atoms with E-state index in [2.05, 4.69) is 0 Å². The van der Waals surface area contributed by atoms with Gasteiger partial charge in [-0.05, 0) is 24.3 Å². The van der Waals surface area contributed by atoms with Crippen LogP contribution >= 0.6 is 11.6 Å². The van der Waals surface area contributed by atoms with Crippen LogP contribution in [-0.4, -0.2) is 32.6 Å². The van der Waals surface area contributed by atoms with Crippen LogP contribution in [0.3, 0.4) is 0 Å². The van der Waals surface area contributed by atoms with Crippen LogP contribution < -0.4 is 4.74 Å². The minimum atomic E-state index is -3.97. The van der Waals surface area contributed by atoms with Gasteiger partial charge in [0.05, 0.1) is 35.2 Å². The molecule has 3 rings (SSSR count). The number of rotatable bonds is 4. The number of para-hydroxylation sites is 1. The lowest BCUT2D eigenvalue weighted by Crippen LogP contribution is -2.12. The summed E-state index contributed by atoms with van der Waals surface area (Å²) in [7, 11) is -1.28. The van der Waals surface area contributed by atoms with Crippen molar-refractivity contribution in [2.45, 2.75) is 4.90 Å². The van der Waals surface area contributed by atoms with E-state index < -0.39 is 16.0 Å². The molecule has 0 bridgehead atoms. The highest BCUT2D eigenvalue weighted by atomic mass is 35.5. The smallest absolute Gasteiger partial charge is 0.340 e. The molecule has 0 N–H and O–H groups in total. The number of methoxy groups -OCH3 is 2. The van der Waals surface area contributed by atoms with Crippen LogP contribution in [0.15, 0.2) is 53.6 Å². The lowest BCUT2D eigenvalue weighted by Gasteiger charge is -2.09. The maximum Gasteiger partial charge on any atom is 0.340 e. The predicted molar refractivity (Wildman–Crippen MR) is 93.9 cm³/mol. The van der Waals surface area contributed by atoms with E-state index in [1.54, 1.807) is 24.3 Å². The number of hydrogen-bond acceptors (Lipinski definition) is 5. The van der Waals surface area contributed by atoms with Crippen LogP contribution in [0.5, 0.6) is 5.75 Å². The molecule has 0 fully saturated rings. The summed E-state index contributed by atoms with van der Waals surface area (Å²) in [6.45, 7) is 0. The Morgan fingerprint density at radius 2 is 1.84 bits per heavy atom. The number of aromatic nitrogens is 1. The third-order valence-corrected chi connectivity index (χ3v) is 5.73. The Balaban J connectivity index is 2.25. The molecule has 0 aliphatic carbocycles. The van der Waals surface area contributed by atoms with Crippen molar-refractivity contribution in [2.24, 2.45) is 0 Å². The highest BCUT2D eigenvalue weighted by Crippen LogP contribution is 2.30. The molecule has 0 unspecified atom stereocenters. The number of ether oxygens (including phenoxy) is 2. The quantitative estimate of drug-likeness (QED) is 0.650. The van der Waals surface area contributed by atoms with Crippen LogP contribution in [0, 0.1) is 0 Å². The average Bonchev–Trinajstić information content (AvgIpc) is 3.01. The fourth-order valence-electron chi connectivity index (χ4n) is 2.54. The van der Waals surface area contributed by atoms with Gasteiger partial charge in [0.1, 0.15) is 5.75 Å². The molecule has 3 aromatic rings. The van der Waals surface area contributed by atoms with E-state index in [1.807, 2.05) is 0 Å². The first kappa shape index (κ1) is 17.3. The summed E-state index contributed by atoms with van der Waals surface area (Å²) in [5.74, 6) is -0.244. The summed E-state index contributed by atoms with van der Waals surface area (Å²) in [5.41, 5.74) is 0.538. The Labute approximate surface area is 149 Å². The van der Waals surface area contributed by atoms with Gasteiger partial charge >= 0.3 is 5.97 Å². The van der Waals surface area contributed by atoms with Gasteiger partial charge in [0, 0.05) is 11.6 Å². The molecule has 0 aliphatic rings. The van der Waals surface area contributed by atoms with Crippen LogP contribution in [0.4, 0.5) is 0 Å². The number of esters is 1. The molecule has 0 saturated carbocycles. The van der Waals surface area contributed by atoms with Crippen LogP contribution in [0.25, 0.3) is 10.9 Å². The lowest BCUT2D eigenvalue weighted by atomic mass is 10.2.